The summed E-state index contributed by atoms with van der Waals surface area (Å²) in [6, 6.07) is 7.31. The number of nitrogens with one attached hydrogen (secondary N) is 1. The molecule has 104 valence electrons. The first-order valence-corrected chi connectivity index (χ1v) is 7.37. The molecular weight excluding hydrogens is 238 g/mol. The fraction of sp³-hybridized carbons (Fsp3) is 0.625. The number of hydrogen-bond donors (Lipinski definition) is 1. The van der Waals surface area contributed by atoms with Gasteiger partial charge in [0.05, 0.1) is 25.9 Å². The molecule has 19 heavy (non-hydrogen) atoms. The smallest absolute Gasteiger partial charge is 0.0933 e. The van der Waals surface area contributed by atoms with E-state index in [1.54, 1.807) is 11.1 Å². The van der Waals surface area contributed by atoms with Gasteiger partial charge in [-0.3, -0.25) is 0 Å². The molecule has 1 aromatic rings. The zero-order chi connectivity index (χ0) is 13.1. The topological polar surface area (TPSA) is 30.5 Å². The van der Waals surface area contributed by atoms with Crippen molar-refractivity contribution in [1.29, 1.82) is 0 Å². The lowest BCUT2D eigenvalue weighted by atomic mass is 10.0. The lowest BCUT2D eigenvalue weighted by Crippen LogP contribution is -2.38. The number of hydrogen-bond acceptors (Lipinski definition) is 3. The Morgan fingerprint density at radius 1 is 1.26 bits per heavy atom. The van der Waals surface area contributed by atoms with Crippen molar-refractivity contribution >= 4 is 0 Å². The molecule has 3 nitrogen and oxygen atoms in total. The molecule has 0 bridgehead atoms. The van der Waals surface area contributed by atoms with Crippen molar-refractivity contribution < 1.29 is 9.47 Å². The molecule has 1 N–H and O–H groups in total. The van der Waals surface area contributed by atoms with Gasteiger partial charge in [0.25, 0.3) is 0 Å². The Balaban J connectivity index is 1.56. The molecule has 0 spiro atoms. The number of fused-ring (bicyclic) bond motifs is 1. The maximum atomic E-state index is 5.65. The Morgan fingerprint density at radius 3 is 3.00 bits per heavy atom. The summed E-state index contributed by atoms with van der Waals surface area (Å²) in [4.78, 5) is 0. The molecule has 1 aliphatic heterocycles. The molecular formula is C16H23NO2. The highest BCUT2D eigenvalue weighted by atomic mass is 16.6. The minimum atomic E-state index is 0.200. The van der Waals surface area contributed by atoms with Gasteiger partial charge in [0, 0.05) is 12.6 Å². The predicted molar refractivity (Wildman–Crippen MR) is 75.4 cm³/mol. The van der Waals surface area contributed by atoms with E-state index in [4.69, 9.17) is 9.47 Å². The van der Waals surface area contributed by atoms with Gasteiger partial charge < -0.3 is 14.8 Å². The van der Waals surface area contributed by atoms with Crippen molar-refractivity contribution in [2.24, 2.45) is 0 Å². The maximum Gasteiger partial charge on any atom is 0.0933 e. The van der Waals surface area contributed by atoms with Crippen LogP contribution in [-0.4, -0.2) is 32.5 Å². The zero-order valence-electron chi connectivity index (χ0n) is 11.7. The summed E-state index contributed by atoms with van der Waals surface area (Å²) in [7, 11) is 0. The first-order valence-electron chi connectivity index (χ1n) is 7.37. The second-order valence-electron chi connectivity index (χ2n) is 5.58. The van der Waals surface area contributed by atoms with E-state index in [1.165, 1.54) is 24.8 Å². The molecule has 1 saturated heterocycles. The van der Waals surface area contributed by atoms with Crippen LogP contribution >= 0.6 is 0 Å². The van der Waals surface area contributed by atoms with Crippen molar-refractivity contribution in [3.63, 3.8) is 0 Å². The van der Waals surface area contributed by atoms with Crippen molar-refractivity contribution in [2.45, 2.75) is 38.3 Å². The monoisotopic (exact) mass is 261 g/mol. The summed E-state index contributed by atoms with van der Waals surface area (Å²) in [5.41, 5.74) is 4.47. The Bertz CT molecular complexity index is 427. The van der Waals surface area contributed by atoms with Gasteiger partial charge in [-0.2, -0.15) is 0 Å². The summed E-state index contributed by atoms with van der Waals surface area (Å²) in [6.45, 7) is 5.25. The Hall–Kier alpha value is -0.900. The van der Waals surface area contributed by atoms with Crippen LogP contribution in [0.15, 0.2) is 18.2 Å². The van der Waals surface area contributed by atoms with Gasteiger partial charge in [-0.15, -0.1) is 0 Å². The molecule has 0 saturated carbocycles. The molecule has 2 unspecified atom stereocenters. The zero-order valence-corrected chi connectivity index (χ0v) is 11.7. The molecule has 1 heterocycles. The Labute approximate surface area is 115 Å². The van der Waals surface area contributed by atoms with Crippen LogP contribution in [0.25, 0.3) is 0 Å². The number of aryl methyl sites for hydroxylation is 2. The normalized spacial score (nSPS) is 24.2. The third kappa shape index (κ3) is 3.16. The molecule has 0 radical (unpaired) electrons. The van der Waals surface area contributed by atoms with Gasteiger partial charge in [-0.25, -0.2) is 0 Å². The minimum Gasteiger partial charge on any atom is -0.376 e. The Kier molecular flexibility index (Phi) is 4.16. The molecule has 1 aliphatic carbocycles. The van der Waals surface area contributed by atoms with Gasteiger partial charge in [0.15, 0.2) is 0 Å². The third-order valence-corrected chi connectivity index (χ3v) is 4.16. The molecule has 0 aromatic heterocycles. The maximum absolute atomic E-state index is 5.65. The van der Waals surface area contributed by atoms with Crippen LogP contribution in [0.3, 0.4) is 0 Å². The van der Waals surface area contributed by atoms with E-state index in [9.17, 15) is 0 Å². The van der Waals surface area contributed by atoms with Crippen molar-refractivity contribution in [3.05, 3.63) is 34.9 Å². The highest BCUT2D eigenvalue weighted by Crippen LogP contribution is 2.25. The van der Waals surface area contributed by atoms with Crippen molar-refractivity contribution in [2.75, 3.05) is 26.4 Å². The largest absolute Gasteiger partial charge is 0.376 e. The summed E-state index contributed by atoms with van der Waals surface area (Å²) in [5, 5.41) is 3.55. The van der Waals surface area contributed by atoms with Crippen molar-refractivity contribution in [3.8, 4) is 0 Å². The van der Waals surface area contributed by atoms with Crippen LogP contribution in [0.1, 0.15) is 36.1 Å². The van der Waals surface area contributed by atoms with E-state index in [-0.39, 0.29) is 6.10 Å². The molecule has 3 heteroatoms. The fourth-order valence-corrected chi connectivity index (χ4v) is 2.94. The van der Waals surface area contributed by atoms with E-state index < -0.39 is 0 Å². The quantitative estimate of drug-likeness (QED) is 0.901. The van der Waals surface area contributed by atoms with E-state index >= 15 is 0 Å². The summed E-state index contributed by atoms with van der Waals surface area (Å²) < 4.78 is 11.1. The Morgan fingerprint density at radius 2 is 2.16 bits per heavy atom. The van der Waals surface area contributed by atoms with Gasteiger partial charge in [-0.1, -0.05) is 18.2 Å². The molecule has 3 rings (SSSR count). The average Bonchev–Trinajstić information content (AvgIpc) is 2.93. The van der Waals surface area contributed by atoms with E-state index in [0.29, 0.717) is 12.6 Å². The molecule has 1 fully saturated rings. The molecule has 2 aliphatic rings. The van der Waals surface area contributed by atoms with Crippen LogP contribution in [0.4, 0.5) is 0 Å². The first kappa shape index (κ1) is 13.1. The first-order chi connectivity index (χ1) is 9.33. The predicted octanol–water partition coefficient (Wildman–Crippen LogP) is 2.24. The SMILES string of the molecule is CC(NCC1COCCO1)c1ccc2c(c1)CCC2. The fourth-order valence-electron chi connectivity index (χ4n) is 2.94. The van der Waals surface area contributed by atoms with Crippen LogP contribution in [0.2, 0.25) is 0 Å². The second-order valence-corrected chi connectivity index (χ2v) is 5.58. The summed E-state index contributed by atoms with van der Waals surface area (Å²) >= 11 is 0. The van der Waals surface area contributed by atoms with Gasteiger partial charge >= 0.3 is 0 Å². The van der Waals surface area contributed by atoms with Crippen LogP contribution in [-0.2, 0) is 22.3 Å². The average molecular weight is 261 g/mol. The number of benzene rings is 1. The highest BCUT2D eigenvalue weighted by Gasteiger charge is 2.17. The standard InChI is InChI=1S/C16H23NO2/c1-12(17-10-16-11-18-7-8-19-16)14-6-5-13-3-2-4-15(13)9-14/h5-6,9,12,16-17H,2-4,7-8,10-11H2,1H3. The van der Waals surface area contributed by atoms with Gasteiger partial charge in [0.1, 0.15) is 0 Å². The van der Waals surface area contributed by atoms with Crippen LogP contribution in [0, 0.1) is 0 Å². The molecule has 2 atom stereocenters. The number of ether oxygens (including phenoxy) is 2. The van der Waals surface area contributed by atoms with E-state index in [0.717, 1.165) is 19.8 Å². The lowest BCUT2D eigenvalue weighted by molar-refractivity contribution is -0.0869. The van der Waals surface area contributed by atoms with Crippen LogP contribution < -0.4 is 5.32 Å². The summed E-state index contributed by atoms with van der Waals surface area (Å²) in [5.74, 6) is 0. The van der Waals surface area contributed by atoms with E-state index in [2.05, 4.69) is 30.4 Å². The minimum absolute atomic E-state index is 0.200. The molecule has 1 aromatic carbocycles. The third-order valence-electron chi connectivity index (χ3n) is 4.16. The second kappa shape index (κ2) is 6.04. The van der Waals surface area contributed by atoms with Crippen molar-refractivity contribution in [1.82, 2.24) is 5.32 Å². The van der Waals surface area contributed by atoms with Crippen LogP contribution in [0.5, 0.6) is 0 Å². The van der Waals surface area contributed by atoms with Gasteiger partial charge in [0.2, 0.25) is 0 Å². The summed E-state index contributed by atoms with van der Waals surface area (Å²) in [6.07, 6.45) is 4.01. The lowest BCUT2D eigenvalue weighted by Gasteiger charge is -2.25. The molecule has 0 amide bonds. The van der Waals surface area contributed by atoms with Gasteiger partial charge in [-0.05, 0) is 42.9 Å². The van der Waals surface area contributed by atoms with E-state index in [1.807, 2.05) is 0 Å². The number of rotatable bonds is 4. The highest BCUT2D eigenvalue weighted by molar-refractivity contribution is 5.36.